The Morgan fingerprint density at radius 3 is 1.21 bits per heavy atom. The van der Waals surface area contributed by atoms with Crippen LogP contribution in [0.1, 0.15) is 206 Å². The number of hydrogen-bond acceptors (Lipinski definition) is 6. The molecule has 0 aliphatic carbocycles. The molecule has 8 nitrogen and oxygen atoms in total. The molecule has 0 aromatic heterocycles. The molecule has 2 N–H and O–H groups in total. The maximum Gasteiger partial charge on any atom is 0.469 e. The number of esters is 2. The molecular weight excluding hydrogens is 748 g/mol. The molecule has 58 heavy (non-hydrogen) atoms. The minimum atomic E-state index is -4.78. The Labute approximate surface area is 355 Å². The summed E-state index contributed by atoms with van der Waals surface area (Å²) in [5.41, 5.74) is 0. The normalized spacial score (nSPS) is 13.1. The van der Waals surface area contributed by atoms with Crippen LogP contribution in [0.2, 0.25) is 0 Å². The third-order valence-corrected chi connectivity index (χ3v) is 10.2. The fraction of sp³-hybridized carbons (Fsp3) is 0.714. The number of carbonyl (C=O) groups is 2. The van der Waals surface area contributed by atoms with Crippen LogP contribution in [0, 0.1) is 0 Å². The Balaban J connectivity index is 3.96. The summed E-state index contributed by atoms with van der Waals surface area (Å²) in [5, 5.41) is 0. The van der Waals surface area contributed by atoms with Crippen LogP contribution in [0.3, 0.4) is 0 Å². The summed E-state index contributed by atoms with van der Waals surface area (Å²) in [4.78, 5) is 42.9. The van der Waals surface area contributed by atoms with E-state index < -0.39 is 32.5 Å². The van der Waals surface area contributed by atoms with E-state index in [1.165, 1.54) is 116 Å². The van der Waals surface area contributed by atoms with Gasteiger partial charge in [0.1, 0.15) is 6.61 Å². The predicted molar refractivity (Wildman–Crippen MR) is 244 cm³/mol. The summed E-state index contributed by atoms with van der Waals surface area (Å²) in [7, 11) is -4.78. The Morgan fingerprint density at radius 2 is 0.828 bits per heavy atom. The molecule has 0 unspecified atom stereocenters. The molecule has 0 heterocycles. The van der Waals surface area contributed by atoms with E-state index in [1.807, 2.05) is 12.2 Å². The smallest absolute Gasteiger partial charge is 0.462 e. The number of rotatable bonds is 42. The molecule has 0 aliphatic rings. The van der Waals surface area contributed by atoms with Gasteiger partial charge in [0.25, 0.3) is 0 Å². The summed E-state index contributed by atoms with van der Waals surface area (Å²) in [6.45, 7) is 3.53. The van der Waals surface area contributed by atoms with Crippen molar-refractivity contribution < 1.29 is 37.9 Å². The Morgan fingerprint density at radius 1 is 0.466 bits per heavy atom. The van der Waals surface area contributed by atoms with Crippen molar-refractivity contribution in [2.24, 2.45) is 0 Å². The van der Waals surface area contributed by atoms with E-state index in [4.69, 9.17) is 19.3 Å². The van der Waals surface area contributed by atoms with Crippen LogP contribution in [-0.4, -0.2) is 41.0 Å². The number of carbonyl (C=O) groups excluding carboxylic acids is 2. The van der Waals surface area contributed by atoms with Gasteiger partial charge in [-0.1, -0.05) is 215 Å². The summed E-state index contributed by atoms with van der Waals surface area (Å²) in [6.07, 6.45) is 57.9. The second-order valence-electron chi connectivity index (χ2n) is 15.4. The lowest BCUT2D eigenvalue weighted by atomic mass is 10.0. The van der Waals surface area contributed by atoms with Crippen molar-refractivity contribution in [3.05, 3.63) is 72.9 Å². The lowest BCUT2D eigenvalue weighted by molar-refractivity contribution is -0.161. The van der Waals surface area contributed by atoms with Gasteiger partial charge in [-0.3, -0.25) is 14.1 Å². The first-order valence-electron chi connectivity index (χ1n) is 23.2. The molecule has 334 valence electrons. The average molecular weight is 833 g/mol. The van der Waals surface area contributed by atoms with Crippen molar-refractivity contribution in [2.45, 2.75) is 213 Å². The van der Waals surface area contributed by atoms with Gasteiger partial charge in [-0.2, -0.15) is 0 Å². The Hall–Kier alpha value is -2.51. The van der Waals surface area contributed by atoms with Gasteiger partial charge in [-0.05, 0) is 51.4 Å². The summed E-state index contributed by atoms with van der Waals surface area (Å²) >= 11 is 0. The zero-order chi connectivity index (χ0) is 42.5. The van der Waals surface area contributed by atoms with Crippen molar-refractivity contribution in [3.63, 3.8) is 0 Å². The van der Waals surface area contributed by atoms with E-state index in [9.17, 15) is 14.2 Å². The molecule has 0 saturated carbocycles. The zero-order valence-corrected chi connectivity index (χ0v) is 37.8. The van der Waals surface area contributed by atoms with Crippen molar-refractivity contribution in [1.82, 2.24) is 0 Å². The number of unbranched alkanes of at least 4 members (excludes halogenated alkanes) is 20. The quantitative estimate of drug-likeness (QED) is 0.0270. The SMILES string of the molecule is CC/C=C/C/C=C/C/C=C/C/C=C/C/C=C/C/C=C/CCC(=O)O[C@H](COC(=O)CCCCCCCCCCCCCCCCCCCCCCC)COP(=O)(O)O. The fourth-order valence-electron chi connectivity index (χ4n) is 6.34. The van der Waals surface area contributed by atoms with Gasteiger partial charge in [0.15, 0.2) is 6.10 Å². The second-order valence-corrected chi connectivity index (χ2v) is 16.6. The van der Waals surface area contributed by atoms with Crippen LogP contribution < -0.4 is 0 Å². The molecule has 0 aromatic carbocycles. The van der Waals surface area contributed by atoms with Gasteiger partial charge >= 0.3 is 19.8 Å². The van der Waals surface area contributed by atoms with Crippen LogP contribution in [0.25, 0.3) is 0 Å². The fourth-order valence-corrected chi connectivity index (χ4v) is 6.70. The van der Waals surface area contributed by atoms with Crippen LogP contribution in [0.5, 0.6) is 0 Å². The van der Waals surface area contributed by atoms with E-state index in [-0.39, 0.29) is 19.4 Å². The monoisotopic (exact) mass is 833 g/mol. The van der Waals surface area contributed by atoms with Crippen LogP contribution >= 0.6 is 7.82 Å². The van der Waals surface area contributed by atoms with Gasteiger partial charge in [0.05, 0.1) is 6.61 Å². The molecule has 9 heteroatoms. The maximum absolute atomic E-state index is 12.4. The summed E-state index contributed by atoms with van der Waals surface area (Å²) < 4.78 is 26.4. The molecule has 0 amide bonds. The third kappa shape index (κ3) is 46.2. The first-order chi connectivity index (χ1) is 28.3. The zero-order valence-electron chi connectivity index (χ0n) is 36.9. The number of allylic oxidation sites excluding steroid dienone is 12. The van der Waals surface area contributed by atoms with E-state index in [2.05, 4.69) is 79.1 Å². The molecule has 0 aliphatic heterocycles. The van der Waals surface area contributed by atoms with E-state index in [0.717, 1.165) is 51.4 Å². The highest BCUT2D eigenvalue weighted by molar-refractivity contribution is 7.46. The standard InChI is InChI=1S/C49H85O8P/c1-3-5-7-9-11-13-15-17-19-21-23-24-26-27-29-31-33-35-37-39-41-43-48(50)55-45-47(46-56-58(52,53)54)57-49(51)44-42-40-38-36-34-32-30-28-25-22-20-18-16-14-12-10-8-6-4-2/h6,8,12,14,18,20,25,28,32,34,38,40,47H,3-5,7,9-11,13,15-17,19,21-24,26-27,29-31,33,35-37,39,41-46H2,1-2H3,(H2,52,53,54)/b8-6+,14-12+,20-18+,28-25+,34-32+,40-38+/t47-/m1/s1. The Kier molecular flexibility index (Phi) is 42.1. The topological polar surface area (TPSA) is 119 Å². The largest absolute Gasteiger partial charge is 0.469 e. The minimum Gasteiger partial charge on any atom is -0.462 e. The lowest BCUT2D eigenvalue weighted by Gasteiger charge is -2.18. The number of ether oxygens (including phenoxy) is 2. The number of phosphoric ester groups is 1. The van der Waals surface area contributed by atoms with Crippen molar-refractivity contribution in [3.8, 4) is 0 Å². The summed E-state index contributed by atoms with van der Waals surface area (Å²) in [5.74, 6) is -0.979. The van der Waals surface area contributed by atoms with Crippen LogP contribution in [0.4, 0.5) is 0 Å². The lowest BCUT2D eigenvalue weighted by Crippen LogP contribution is -2.29. The van der Waals surface area contributed by atoms with Gasteiger partial charge in [-0.15, -0.1) is 0 Å². The molecule has 0 saturated heterocycles. The average Bonchev–Trinajstić information content (AvgIpc) is 3.20. The molecular formula is C49H85O8P. The van der Waals surface area contributed by atoms with E-state index in [0.29, 0.717) is 12.8 Å². The van der Waals surface area contributed by atoms with Crippen molar-refractivity contribution in [2.75, 3.05) is 13.2 Å². The molecule has 0 spiro atoms. The first-order valence-corrected chi connectivity index (χ1v) is 24.8. The summed E-state index contributed by atoms with van der Waals surface area (Å²) in [6, 6.07) is 0. The highest BCUT2D eigenvalue weighted by atomic mass is 31.2. The highest BCUT2D eigenvalue weighted by Gasteiger charge is 2.22. The van der Waals surface area contributed by atoms with Crippen LogP contribution in [-0.2, 0) is 28.2 Å². The predicted octanol–water partition coefficient (Wildman–Crippen LogP) is 14.6. The maximum atomic E-state index is 12.4. The van der Waals surface area contributed by atoms with Gasteiger partial charge in [-0.25, -0.2) is 4.57 Å². The van der Waals surface area contributed by atoms with Crippen LogP contribution in [0.15, 0.2) is 72.9 Å². The second kappa shape index (κ2) is 44.1. The minimum absolute atomic E-state index is 0.0853. The van der Waals surface area contributed by atoms with E-state index >= 15 is 0 Å². The Bertz CT molecular complexity index is 1170. The number of hydrogen-bond donors (Lipinski definition) is 2. The molecule has 0 radical (unpaired) electrons. The first kappa shape index (κ1) is 55.5. The number of phosphoric acid groups is 1. The molecule has 0 bridgehead atoms. The van der Waals surface area contributed by atoms with Crippen molar-refractivity contribution >= 4 is 19.8 Å². The van der Waals surface area contributed by atoms with Gasteiger partial charge in [0, 0.05) is 12.8 Å². The highest BCUT2D eigenvalue weighted by Crippen LogP contribution is 2.36. The van der Waals surface area contributed by atoms with Crippen molar-refractivity contribution in [1.29, 1.82) is 0 Å². The molecule has 1 atom stereocenters. The molecule has 0 aromatic rings. The van der Waals surface area contributed by atoms with E-state index in [1.54, 1.807) is 0 Å². The third-order valence-electron chi connectivity index (χ3n) is 9.75. The van der Waals surface area contributed by atoms with Gasteiger partial charge in [0.2, 0.25) is 0 Å². The van der Waals surface area contributed by atoms with Gasteiger partial charge < -0.3 is 19.3 Å². The molecule has 0 fully saturated rings. The molecule has 0 rings (SSSR count).